The van der Waals surface area contributed by atoms with Crippen LogP contribution in [-0.4, -0.2) is 64.9 Å². The predicted octanol–water partition coefficient (Wildman–Crippen LogP) is 4.35. The first-order chi connectivity index (χ1) is 18.4. The lowest BCUT2D eigenvalue weighted by Gasteiger charge is -2.25. The third kappa shape index (κ3) is 4.25. The van der Waals surface area contributed by atoms with Gasteiger partial charge in [0, 0.05) is 18.1 Å². The highest BCUT2D eigenvalue weighted by Gasteiger charge is 2.43. The third-order valence-electron chi connectivity index (χ3n) is 7.62. The van der Waals surface area contributed by atoms with Gasteiger partial charge in [0.1, 0.15) is 17.4 Å². The Hall–Kier alpha value is -3.37. The highest BCUT2D eigenvalue weighted by molar-refractivity contribution is 5.84. The number of aliphatic hydroxyl groups is 2. The first-order valence-corrected chi connectivity index (χ1v) is 12.6. The molecular weight excluding hydrogens is 494 g/mol. The van der Waals surface area contributed by atoms with Gasteiger partial charge in [-0.05, 0) is 28.7 Å². The van der Waals surface area contributed by atoms with E-state index in [1.807, 2.05) is 24.3 Å². The van der Waals surface area contributed by atoms with E-state index < -0.39 is 17.0 Å². The van der Waals surface area contributed by atoms with Crippen LogP contribution in [0.3, 0.4) is 0 Å². The fourth-order valence-electron chi connectivity index (χ4n) is 5.18. The van der Waals surface area contributed by atoms with Crippen LogP contribution in [0.5, 0.6) is 6.01 Å². The van der Waals surface area contributed by atoms with E-state index >= 15 is 8.78 Å². The number of fused-ring (bicyclic) bond motifs is 2. The lowest BCUT2D eigenvalue weighted by Crippen LogP contribution is -2.32. The van der Waals surface area contributed by atoms with E-state index in [1.165, 1.54) is 6.07 Å². The fourth-order valence-corrected chi connectivity index (χ4v) is 5.18. The number of aromatic nitrogens is 2. The maximum Gasteiger partial charge on any atom is 0.295 e. The molecule has 6 rings (SSSR count). The minimum Gasteiger partial charge on any atom is -0.456 e. The number of imidazole rings is 1. The zero-order chi connectivity index (χ0) is 26.4. The summed E-state index contributed by atoms with van der Waals surface area (Å²) in [5.41, 5.74) is 2.26. The normalized spacial score (nSPS) is 21.2. The van der Waals surface area contributed by atoms with Gasteiger partial charge in [0.2, 0.25) is 0 Å². The molecule has 0 amide bonds. The molecule has 3 heterocycles. The van der Waals surface area contributed by atoms with Crippen molar-refractivity contribution in [3.8, 4) is 28.3 Å². The Bertz CT molecular complexity index is 1450. The fraction of sp³-hybridized carbons (Fsp3) is 0.345. The Morgan fingerprint density at radius 3 is 2.34 bits per heavy atom. The van der Waals surface area contributed by atoms with Gasteiger partial charge in [-0.3, -0.25) is 0 Å². The molecule has 4 aromatic rings. The summed E-state index contributed by atoms with van der Waals surface area (Å²) >= 11 is 0. The molecule has 1 aromatic heterocycles. The standard InChI is InChI=1S/C29H28F2N2O5/c1-29(14-34,15-35)19-8-6-17(7-9-19)16-2-4-18(5-3-16)24-20(30)12-21-26(25(24)31)33-28(32-21)38-23-13-37-22-10-11-36-27(22)23/h2-9,12,22-23,27,34-35H,10-11,13-15H2,1H3,(H,32,33)/t22-,23-,27+/m1/s1. The molecule has 0 radical (unpaired) electrons. The molecule has 9 heteroatoms. The maximum atomic E-state index is 15.5. The number of hydrogen-bond donors (Lipinski definition) is 3. The van der Waals surface area contributed by atoms with E-state index in [2.05, 4.69) is 9.97 Å². The van der Waals surface area contributed by atoms with Crippen LogP contribution < -0.4 is 4.74 Å². The summed E-state index contributed by atoms with van der Waals surface area (Å²) in [7, 11) is 0. The molecule has 0 bridgehead atoms. The van der Waals surface area contributed by atoms with Crippen LogP contribution in [0, 0.1) is 11.6 Å². The van der Waals surface area contributed by atoms with Gasteiger partial charge in [-0.1, -0.05) is 55.5 Å². The maximum absolute atomic E-state index is 15.5. The van der Waals surface area contributed by atoms with Crippen LogP contribution in [0.1, 0.15) is 18.9 Å². The van der Waals surface area contributed by atoms with E-state index in [-0.39, 0.29) is 54.1 Å². The van der Waals surface area contributed by atoms with Crippen LogP contribution in [0.15, 0.2) is 54.6 Å². The van der Waals surface area contributed by atoms with Crippen molar-refractivity contribution in [1.29, 1.82) is 0 Å². The van der Waals surface area contributed by atoms with E-state index in [0.717, 1.165) is 23.1 Å². The quantitative estimate of drug-likeness (QED) is 0.334. The van der Waals surface area contributed by atoms with Crippen molar-refractivity contribution >= 4 is 11.0 Å². The van der Waals surface area contributed by atoms with Crippen molar-refractivity contribution < 1.29 is 33.2 Å². The van der Waals surface area contributed by atoms with E-state index in [9.17, 15) is 10.2 Å². The Balaban J connectivity index is 1.25. The molecule has 2 aliphatic rings. The number of ether oxygens (including phenoxy) is 3. The molecule has 0 unspecified atom stereocenters. The number of aliphatic hydroxyl groups excluding tert-OH is 2. The van der Waals surface area contributed by atoms with E-state index in [0.29, 0.717) is 18.8 Å². The topological polar surface area (TPSA) is 96.8 Å². The minimum atomic E-state index is -0.770. The van der Waals surface area contributed by atoms with Crippen LogP contribution in [0.4, 0.5) is 8.78 Å². The van der Waals surface area contributed by atoms with Crippen molar-refractivity contribution in [3.63, 3.8) is 0 Å². The molecule has 0 aliphatic carbocycles. The average Bonchev–Trinajstić information content (AvgIpc) is 3.66. The first kappa shape index (κ1) is 24.9. The second-order valence-corrected chi connectivity index (χ2v) is 10.2. The summed E-state index contributed by atoms with van der Waals surface area (Å²) in [4.78, 5) is 7.12. The first-order valence-electron chi connectivity index (χ1n) is 12.6. The van der Waals surface area contributed by atoms with Crippen LogP contribution in [-0.2, 0) is 14.9 Å². The summed E-state index contributed by atoms with van der Waals surface area (Å²) in [5.74, 6) is -1.48. The zero-order valence-electron chi connectivity index (χ0n) is 20.8. The number of halogens is 2. The molecule has 0 saturated carbocycles. The summed E-state index contributed by atoms with van der Waals surface area (Å²) in [6.45, 7) is 2.40. The second-order valence-electron chi connectivity index (χ2n) is 10.2. The van der Waals surface area contributed by atoms with Gasteiger partial charge in [-0.25, -0.2) is 8.78 Å². The number of nitrogens with zero attached hydrogens (tertiary/aromatic N) is 1. The molecule has 198 valence electrons. The van der Waals surface area contributed by atoms with Gasteiger partial charge in [-0.15, -0.1) is 0 Å². The largest absolute Gasteiger partial charge is 0.456 e. The number of benzene rings is 3. The monoisotopic (exact) mass is 522 g/mol. The van der Waals surface area contributed by atoms with Crippen molar-refractivity contribution in [2.45, 2.75) is 37.1 Å². The van der Waals surface area contributed by atoms with Gasteiger partial charge >= 0.3 is 0 Å². The lowest BCUT2D eigenvalue weighted by atomic mass is 9.83. The molecular formula is C29H28F2N2O5. The van der Waals surface area contributed by atoms with Crippen molar-refractivity contribution in [2.24, 2.45) is 0 Å². The van der Waals surface area contributed by atoms with Crippen LogP contribution >= 0.6 is 0 Å². The zero-order valence-corrected chi connectivity index (χ0v) is 20.8. The Kier molecular flexibility index (Phi) is 6.39. The second kappa shape index (κ2) is 9.74. The van der Waals surface area contributed by atoms with Crippen molar-refractivity contribution in [2.75, 3.05) is 26.4 Å². The summed E-state index contributed by atoms with van der Waals surface area (Å²) < 4.78 is 47.9. The number of H-pyrrole nitrogens is 1. The molecule has 38 heavy (non-hydrogen) atoms. The van der Waals surface area contributed by atoms with Crippen molar-refractivity contribution in [1.82, 2.24) is 9.97 Å². The van der Waals surface area contributed by atoms with Crippen molar-refractivity contribution in [3.05, 3.63) is 71.8 Å². The molecule has 2 fully saturated rings. The summed E-state index contributed by atoms with van der Waals surface area (Å²) in [6.07, 6.45) is 0.250. The predicted molar refractivity (Wildman–Crippen MR) is 137 cm³/mol. The highest BCUT2D eigenvalue weighted by Crippen LogP contribution is 2.35. The lowest BCUT2D eigenvalue weighted by molar-refractivity contribution is 0.0273. The van der Waals surface area contributed by atoms with Gasteiger partial charge < -0.3 is 29.4 Å². The molecule has 0 spiro atoms. The summed E-state index contributed by atoms with van der Waals surface area (Å²) in [5, 5.41) is 19.3. The molecule has 3 aromatic carbocycles. The van der Waals surface area contributed by atoms with E-state index in [4.69, 9.17) is 14.2 Å². The Labute approximate surface area is 218 Å². The third-order valence-corrected chi connectivity index (χ3v) is 7.62. The highest BCUT2D eigenvalue weighted by atomic mass is 19.1. The van der Waals surface area contributed by atoms with E-state index in [1.54, 1.807) is 31.2 Å². The number of aromatic amines is 1. The van der Waals surface area contributed by atoms with Gasteiger partial charge in [0.15, 0.2) is 11.9 Å². The smallest absolute Gasteiger partial charge is 0.295 e. The SMILES string of the molecule is CC(CO)(CO)c1ccc(-c2ccc(-c3c(F)cc4[nH]c(O[C@@H]5CO[C@@H]6CCO[C@@H]65)nc4c3F)cc2)cc1. The molecule has 3 N–H and O–H groups in total. The van der Waals surface area contributed by atoms with Gasteiger partial charge in [-0.2, -0.15) is 4.98 Å². The number of rotatable bonds is 7. The molecule has 2 saturated heterocycles. The van der Waals surface area contributed by atoms with Gasteiger partial charge in [0.25, 0.3) is 6.01 Å². The molecule has 2 aliphatic heterocycles. The average molecular weight is 523 g/mol. The minimum absolute atomic E-state index is 0.00492. The van der Waals surface area contributed by atoms with Crippen LogP contribution in [0.25, 0.3) is 33.3 Å². The molecule has 7 nitrogen and oxygen atoms in total. The summed E-state index contributed by atoms with van der Waals surface area (Å²) in [6, 6.07) is 15.7. The number of nitrogens with one attached hydrogen (secondary N) is 1. The van der Waals surface area contributed by atoms with Gasteiger partial charge in [0.05, 0.1) is 37.0 Å². The Morgan fingerprint density at radius 1 is 1.00 bits per heavy atom. The molecule has 3 atom stereocenters. The van der Waals surface area contributed by atoms with Crippen LogP contribution in [0.2, 0.25) is 0 Å². The number of hydrogen-bond acceptors (Lipinski definition) is 6. The Morgan fingerprint density at radius 2 is 1.66 bits per heavy atom.